The summed E-state index contributed by atoms with van der Waals surface area (Å²) in [5, 5.41) is 0.945. The number of anilines is 1. The fourth-order valence-corrected chi connectivity index (χ4v) is 6.12. The van der Waals surface area contributed by atoms with Crippen LogP contribution in [0.4, 0.5) is 5.69 Å². The molecule has 5 nitrogen and oxygen atoms in total. The molecular weight excluding hydrogens is 406 g/mol. The number of thiazole rings is 1. The van der Waals surface area contributed by atoms with Gasteiger partial charge in [0.25, 0.3) is 5.91 Å². The number of carbonyl (C=O) groups is 2. The fraction of sp³-hybridized carbons (Fsp3) is 0.400. The van der Waals surface area contributed by atoms with Crippen molar-refractivity contribution >= 4 is 39.1 Å². The highest BCUT2D eigenvalue weighted by molar-refractivity contribution is 7.21. The number of carbonyl (C=O) groups excluding carboxylic acids is 2. The number of benzene rings is 2. The number of piperidine rings is 1. The van der Waals surface area contributed by atoms with Gasteiger partial charge in [0, 0.05) is 18.7 Å². The van der Waals surface area contributed by atoms with Gasteiger partial charge in [0.15, 0.2) is 0 Å². The van der Waals surface area contributed by atoms with Crippen molar-refractivity contribution in [2.45, 2.75) is 39.7 Å². The van der Waals surface area contributed by atoms with Crippen molar-refractivity contribution in [2.24, 2.45) is 11.8 Å². The molecule has 6 heteroatoms. The van der Waals surface area contributed by atoms with Crippen molar-refractivity contribution in [3.05, 3.63) is 48.0 Å². The highest BCUT2D eigenvalue weighted by Crippen LogP contribution is 2.34. The summed E-state index contributed by atoms with van der Waals surface area (Å²) in [6, 6.07) is 13.6. The van der Waals surface area contributed by atoms with Gasteiger partial charge in [0.2, 0.25) is 5.91 Å². The van der Waals surface area contributed by atoms with E-state index >= 15 is 0 Å². The van der Waals surface area contributed by atoms with Crippen LogP contribution in [0.3, 0.4) is 0 Å². The Labute approximate surface area is 186 Å². The monoisotopic (exact) mass is 433 g/mol. The second-order valence-corrected chi connectivity index (χ2v) is 10.3. The first-order chi connectivity index (χ1) is 14.9. The van der Waals surface area contributed by atoms with Crippen LogP contribution in [0.2, 0.25) is 0 Å². The molecule has 5 rings (SSSR count). The molecule has 31 heavy (non-hydrogen) atoms. The van der Waals surface area contributed by atoms with E-state index in [0.29, 0.717) is 17.5 Å². The molecule has 2 saturated heterocycles. The smallest absolute Gasteiger partial charge is 0.251 e. The van der Waals surface area contributed by atoms with Crippen LogP contribution in [0.25, 0.3) is 20.8 Å². The lowest BCUT2D eigenvalue weighted by Gasteiger charge is -2.37. The molecule has 0 aliphatic carbocycles. The van der Waals surface area contributed by atoms with Crippen LogP contribution in [0.1, 0.15) is 32.3 Å². The molecule has 2 aliphatic rings. The van der Waals surface area contributed by atoms with Gasteiger partial charge < -0.3 is 0 Å². The molecule has 0 spiro atoms. The van der Waals surface area contributed by atoms with Gasteiger partial charge >= 0.3 is 0 Å². The summed E-state index contributed by atoms with van der Waals surface area (Å²) in [6.07, 6.45) is 1.46. The number of imide groups is 1. The number of fused-ring (bicyclic) bond motifs is 1. The molecule has 3 heterocycles. The second-order valence-electron chi connectivity index (χ2n) is 9.22. The molecule has 3 atom stereocenters. The minimum atomic E-state index is -0.329. The summed E-state index contributed by atoms with van der Waals surface area (Å²) in [7, 11) is 0. The lowest BCUT2D eigenvalue weighted by atomic mass is 9.90. The van der Waals surface area contributed by atoms with Gasteiger partial charge in [-0.3, -0.25) is 14.5 Å². The van der Waals surface area contributed by atoms with E-state index in [-0.39, 0.29) is 24.3 Å². The van der Waals surface area contributed by atoms with Crippen LogP contribution in [-0.2, 0) is 9.59 Å². The molecule has 0 bridgehead atoms. The number of rotatable bonds is 3. The van der Waals surface area contributed by atoms with E-state index in [1.165, 1.54) is 16.9 Å². The van der Waals surface area contributed by atoms with Gasteiger partial charge in [-0.2, -0.15) is 0 Å². The minimum absolute atomic E-state index is 0.0884. The van der Waals surface area contributed by atoms with E-state index in [9.17, 15) is 9.59 Å². The molecule has 2 fully saturated rings. The van der Waals surface area contributed by atoms with Gasteiger partial charge in [0.1, 0.15) is 5.01 Å². The maximum absolute atomic E-state index is 13.2. The van der Waals surface area contributed by atoms with Crippen molar-refractivity contribution in [3.8, 4) is 10.6 Å². The number of nitrogens with zero attached hydrogens (tertiary/aromatic N) is 3. The van der Waals surface area contributed by atoms with E-state index in [2.05, 4.69) is 37.8 Å². The normalized spacial score (nSPS) is 25.0. The van der Waals surface area contributed by atoms with Crippen molar-refractivity contribution in [2.75, 3.05) is 18.0 Å². The molecule has 2 aliphatic heterocycles. The largest absolute Gasteiger partial charge is 0.291 e. The average Bonchev–Trinajstić information content (AvgIpc) is 3.27. The molecule has 3 aromatic rings. The Morgan fingerprint density at radius 1 is 1.00 bits per heavy atom. The summed E-state index contributed by atoms with van der Waals surface area (Å²) >= 11 is 1.66. The highest BCUT2D eigenvalue weighted by Gasteiger charge is 2.44. The third-order valence-corrected chi connectivity index (χ3v) is 7.44. The third-order valence-electron chi connectivity index (χ3n) is 6.38. The van der Waals surface area contributed by atoms with E-state index in [0.717, 1.165) is 33.9 Å². The summed E-state index contributed by atoms with van der Waals surface area (Å²) in [5.41, 5.74) is 3.86. The van der Waals surface area contributed by atoms with Crippen molar-refractivity contribution in [1.29, 1.82) is 0 Å². The number of aromatic nitrogens is 1. The van der Waals surface area contributed by atoms with Crippen molar-refractivity contribution < 1.29 is 9.59 Å². The first-order valence-electron chi connectivity index (χ1n) is 11.0. The summed E-state index contributed by atoms with van der Waals surface area (Å²) < 4.78 is 1.16. The van der Waals surface area contributed by atoms with Crippen LogP contribution in [-0.4, -0.2) is 40.8 Å². The molecule has 160 valence electrons. The van der Waals surface area contributed by atoms with Gasteiger partial charge in [-0.25, -0.2) is 9.88 Å². The molecular formula is C25H27N3O2S. The average molecular weight is 434 g/mol. The van der Waals surface area contributed by atoms with E-state index in [1.54, 1.807) is 11.3 Å². The van der Waals surface area contributed by atoms with Gasteiger partial charge in [-0.15, -0.1) is 11.3 Å². The number of aryl methyl sites for hydroxylation is 1. The molecule has 0 unspecified atom stereocenters. The topological polar surface area (TPSA) is 53.5 Å². The maximum atomic E-state index is 13.2. The first kappa shape index (κ1) is 20.3. The summed E-state index contributed by atoms with van der Waals surface area (Å²) in [6.45, 7) is 8.31. The van der Waals surface area contributed by atoms with Crippen LogP contribution in [0.5, 0.6) is 0 Å². The molecule has 2 amide bonds. The Morgan fingerprint density at radius 2 is 1.71 bits per heavy atom. The second kappa shape index (κ2) is 7.84. The number of hydrogen-bond acceptors (Lipinski definition) is 5. The Balaban J connectivity index is 1.37. The number of likely N-dealkylation sites (tertiary alicyclic amines) is 1. The Kier molecular flexibility index (Phi) is 5.15. The van der Waals surface area contributed by atoms with Gasteiger partial charge in [-0.05, 0) is 67.1 Å². The Morgan fingerprint density at radius 3 is 2.42 bits per heavy atom. The zero-order chi connectivity index (χ0) is 21.7. The van der Waals surface area contributed by atoms with Crippen LogP contribution >= 0.6 is 11.3 Å². The predicted octanol–water partition coefficient (Wildman–Crippen LogP) is 4.88. The molecule has 0 saturated carbocycles. The lowest BCUT2D eigenvalue weighted by molar-refractivity contribution is -0.123. The number of hydrogen-bond donors (Lipinski definition) is 0. The number of amides is 2. The Hall–Kier alpha value is -2.57. The molecule has 2 aromatic carbocycles. The molecule has 0 N–H and O–H groups in total. The summed E-state index contributed by atoms with van der Waals surface area (Å²) in [4.78, 5) is 34.3. The lowest BCUT2D eigenvalue weighted by Crippen LogP contribution is -2.48. The van der Waals surface area contributed by atoms with Crippen molar-refractivity contribution in [3.63, 3.8) is 0 Å². The maximum Gasteiger partial charge on any atom is 0.251 e. The van der Waals surface area contributed by atoms with E-state index < -0.39 is 0 Å². The standard InChI is InChI=1S/C25H27N3O2S/c1-15-4-9-20-22(11-15)31-24(26-20)18-5-7-19(8-6-18)28-23(29)12-21(25(28)30)27-13-16(2)10-17(3)14-27/h4-9,11,16-17,21H,10,12-14H2,1-3H3/t16-,17-,21+/m0/s1. The third kappa shape index (κ3) is 3.79. The molecule has 0 radical (unpaired) electrons. The fourth-order valence-electron chi connectivity index (χ4n) is 5.05. The summed E-state index contributed by atoms with van der Waals surface area (Å²) in [5.74, 6) is 0.911. The van der Waals surface area contributed by atoms with Gasteiger partial charge in [0.05, 0.1) is 28.4 Å². The van der Waals surface area contributed by atoms with Crippen molar-refractivity contribution in [1.82, 2.24) is 9.88 Å². The highest BCUT2D eigenvalue weighted by atomic mass is 32.1. The predicted molar refractivity (Wildman–Crippen MR) is 125 cm³/mol. The zero-order valence-electron chi connectivity index (χ0n) is 18.2. The quantitative estimate of drug-likeness (QED) is 0.553. The SMILES string of the molecule is Cc1ccc2nc(-c3ccc(N4C(=O)C[C@@H](N5C[C@@H](C)C[C@H](C)C5)C4=O)cc3)sc2c1. The van der Waals surface area contributed by atoms with Crippen LogP contribution in [0, 0.1) is 18.8 Å². The zero-order valence-corrected chi connectivity index (χ0v) is 19.0. The Bertz CT molecular complexity index is 1140. The van der Waals surface area contributed by atoms with E-state index in [1.807, 2.05) is 30.3 Å². The van der Waals surface area contributed by atoms with E-state index in [4.69, 9.17) is 4.98 Å². The van der Waals surface area contributed by atoms with Crippen LogP contribution < -0.4 is 4.90 Å². The van der Waals surface area contributed by atoms with Gasteiger partial charge in [-0.1, -0.05) is 19.9 Å². The molecule has 1 aromatic heterocycles. The van der Waals surface area contributed by atoms with Crippen LogP contribution in [0.15, 0.2) is 42.5 Å². The minimum Gasteiger partial charge on any atom is -0.291 e. The first-order valence-corrected chi connectivity index (χ1v) is 11.8.